The number of carbonyl (C=O) groups excluding carboxylic acids is 2. The zero-order valence-electron chi connectivity index (χ0n) is 26.0. The first kappa shape index (κ1) is 37.0. The smallest absolute Gasteiger partial charge is 0.391 e. The normalized spacial score (nSPS) is 21.6. The van der Waals surface area contributed by atoms with Crippen molar-refractivity contribution in [2.75, 3.05) is 19.6 Å². The number of hydrogen-bond donors (Lipinski definition) is 3. The number of benzene rings is 2. The number of nitrogens with two attached hydrogens (primary N) is 1. The third-order valence-electron chi connectivity index (χ3n) is 8.50. The van der Waals surface area contributed by atoms with Crippen LogP contribution in [0.4, 0.5) is 30.7 Å². The number of nitrogens with zero attached hydrogens (tertiary/aromatic N) is 1. The third kappa shape index (κ3) is 7.74. The van der Waals surface area contributed by atoms with E-state index in [0.29, 0.717) is 37.1 Å². The maximum absolute atomic E-state index is 14.9. The van der Waals surface area contributed by atoms with Crippen molar-refractivity contribution in [2.24, 2.45) is 16.6 Å². The van der Waals surface area contributed by atoms with Crippen LogP contribution in [0.25, 0.3) is 0 Å². The summed E-state index contributed by atoms with van der Waals surface area (Å²) in [6, 6.07) is 4.81. The summed E-state index contributed by atoms with van der Waals surface area (Å²) >= 11 is 0. The molecule has 0 saturated carbocycles. The van der Waals surface area contributed by atoms with E-state index in [1.54, 1.807) is 6.92 Å². The molecule has 0 aliphatic heterocycles. The van der Waals surface area contributed by atoms with E-state index in [2.05, 4.69) is 5.32 Å². The van der Waals surface area contributed by atoms with Crippen LogP contribution in [0.1, 0.15) is 69.6 Å². The number of primary amides is 1. The van der Waals surface area contributed by atoms with Crippen LogP contribution in [0.15, 0.2) is 42.0 Å². The van der Waals surface area contributed by atoms with E-state index in [0.717, 1.165) is 12.1 Å². The van der Waals surface area contributed by atoms with Gasteiger partial charge in [0.25, 0.3) is 0 Å². The monoisotopic (exact) mass is 659 g/mol. The molecule has 6 nitrogen and oxygen atoms in total. The molecule has 0 radical (unpaired) electrons. The van der Waals surface area contributed by atoms with Crippen molar-refractivity contribution in [3.8, 4) is 0 Å². The van der Waals surface area contributed by atoms with Gasteiger partial charge in [-0.25, -0.2) is 17.6 Å². The van der Waals surface area contributed by atoms with Gasteiger partial charge in [0, 0.05) is 31.3 Å². The summed E-state index contributed by atoms with van der Waals surface area (Å²) in [5, 5.41) is 15.1. The van der Waals surface area contributed by atoms with Crippen LogP contribution < -0.4 is 11.1 Å². The summed E-state index contributed by atoms with van der Waals surface area (Å²) in [6.07, 6.45) is -5.12. The van der Waals surface area contributed by atoms with E-state index >= 15 is 0 Å². The molecule has 0 spiro atoms. The summed E-state index contributed by atoms with van der Waals surface area (Å²) in [5.74, 6) is -8.68. The number of allylic oxidation sites excluding steroid dienone is 1. The number of alkyl halides is 3. The molecule has 13 heteroatoms. The van der Waals surface area contributed by atoms with Crippen LogP contribution in [0.2, 0.25) is 0 Å². The molecule has 254 valence electrons. The van der Waals surface area contributed by atoms with E-state index in [1.165, 1.54) is 23.1 Å². The fourth-order valence-electron chi connectivity index (χ4n) is 6.48. The molecule has 46 heavy (non-hydrogen) atoms. The lowest BCUT2D eigenvalue weighted by atomic mass is 9.56. The van der Waals surface area contributed by atoms with Crippen molar-refractivity contribution in [1.29, 1.82) is 0 Å². The zero-order chi connectivity index (χ0) is 34.4. The topological polar surface area (TPSA) is 95.7 Å². The fourth-order valence-corrected chi connectivity index (χ4v) is 6.48. The van der Waals surface area contributed by atoms with Crippen molar-refractivity contribution in [2.45, 2.75) is 78.1 Å². The Morgan fingerprint density at radius 1 is 1.04 bits per heavy atom. The van der Waals surface area contributed by atoms with Crippen LogP contribution in [0.3, 0.4) is 0 Å². The second-order valence-electron chi connectivity index (χ2n) is 12.0. The number of hydrogen-bond acceptors (Lipinski definition) is 4. The summed E-state index contributed by atoms with van der Waals surface area (Å²) in [6.45, 7) is 6.12. The molecule has 1 aliphatic rings. The van der Waals surface area contributed by atoms with Gasteiger partial charge in [-0.05, 0) is 63.6 Å². The van der Waals surface area contributed by atoms with Crippen LogP contribution in [-0.2, 0) is 28.7 Å². The Hall–Kier alpha value is -3.45. The van der Waals surface area contributed by atoms with Gasteiger partial charge in [0.1, 0.15) is 0 Å². The summed E-state index contributed by atoms with van der Waals surface area (Å²) in [7, 11) is 0. The van der Waals surface area contributed by atoms with Crippen molar-refractivity contribution < 1.29 is 45.4 Å². The quantitative estimate of drug-likeness (QED) is 0.0976. The van der Waals surface area contributed by atoms with Crippen molar-refractivity contribution in [3.63, 3.8) is 0 Å². The van der Waals surface area contributed by atoms with Crippen LogP contribution in [0.5, 0.6) is 0 Å². The number of rotatable bonds is 14. The van der Waals surface area contributed by atoms with Gasteiger partial charge in [0.2, 0.25) is 11.8 Å². The Labute approximate surface area is 263 Å². The average Bonchev–Trinajstić information content (AvgIpc) is 2.99. The highest BCUT2D eigenvalue weighted by Crippen LogP contribution is 2.51. The molecular weight excluding hydrogens is 619 g/mol. The van der Waals surface area contributed by atoms with Gasteiger partial charge in [-0.15, -0.1) is 0 Å². The summed E-state index contributed by atoms with van der Waals surface area (Å²) < 4.78 is 97.5. The highest BCUT2D eigenvalue weighted by Gasteiger charge is 2.59. The number of carbonyl (C=O) groups is 2. The zero-order valence-corrected chi connectivity index (χ0v) is 26.0. The molecule has 3 rings (SSSR count). The number of aliphatic hydroxyl groups is 1. The van der Waals surface area contributed by atoms with Gasteiger partial charge in [-0.3, -0.25) is 9.59 Å². The minimum atomic E-state index is -4.51. The van der Waals surface area contributed by atoms with Crippen molar-refractivity contribution in [1.82, 2.24) is 10.2 Å². The molecular formula is C33H40F7N3O3. The first-order valence-corrected chi connectivity index (χ1v) is 15.2. The Morgan fingerprint density at radius 2 is 1.65 bits per heavy atom. The molecule has 0 fully saturated rings. The molecule has 4 N–H and O–H groups in total. The van der Waals surface area contributed by atoms with Crippen LogP contribution >= 0.6 is 0 Å². The fraction of sp³-hybridized carbons (Fsp3) is 0.515. The predicted molar refractivity (Wildman–Crippen MR) is 158 cm³/mol. The summed E-state index contributed by atoms with van der Waals surface area (Å²) in [4.78, 5) is 29.1. The molecule has 2 aromatic rings. The van der Waals surface area contributed by atoms with Crippen molar-refractivity contribution >= 4 is 11.8 Å². The first-order valence-electron chi connectivity index (χ1n) is 15.2. The molecule has 0 bridgehead atoms. The van der Waals surface area contributed by atoms with E-state index in [4.69, 9.17) is 5.73 Å². The number of aliphatic hydroxyl groups excluding tert-OH is 1. The van der Waals surface area contributed by atoms with Crippen molar-refractivity contribution in [3.05, 3.63) is 81.9 Å². The van der Waals surface area contributed by atoms with Gasteiger partial charge in [0.05, 0.1) is 22.5 Å². The molecule has 0 saturated heterocycles. The Kier molecular flexibility index (Phi) is 12.0. The van der Waals surface area contributed by atoms with Crippen LogP contribution in [0, 0.1) is 34.1 Å². The van der Waals surface area contributed by atoms with E-state index < -0.39 is 75.7 Å². The van der Waals surface area contributed by atoms with Gasteiger partial charge in [-0.1, -0.05) is 43.7 Å². The van der Waals surface area contributed by atoms with Crippen LogP contribution in [-0.4, -0.2) is 47.6 Å². The first-order chi connectivity index (χ1) is 21.5. The Morgan fingerprint density at radius 3 is 2.20 bits per heavy atom. The number of nitrogens with one attached hydrogen (secondary N) is 1. The lowest BCUT2D eigenvalue weighted by Crippen LogP contribution is -2.62. The van der Waals surface area contributed by atoms with Gasteiger partial charge < -0.3 is 21.1 Å². The average molecular weight is 660 g/mol. The largest absolute Gasteiger partial charge is 0.416 e. The van der Waals surface area contributed by atoms with Gasteiger partial charge in [-0.2, -0.15) is 13.2 Å². The third-order valence-corrected chi connectivity index (χ3v) is 8.50. The minimum Gasteiger partial charge on any atom is -0.391 e. The Bertz CT molecular complexity index is 1420. The predicted octanol–water partition coefficient (Wildman–Crippen LogP) is 6.19. The molecule has 1 unspecified atom stereocenters. The second-order valence-corrected chi connectivity index (χ2v) is 12.0. The molecule has 0 heterocycles. The van der Waals surface area contributed by atoms with E-state index in [9.17, 15) is 45.4 Å². The van der Waals surface area contributed by atoms with E-state index in [-0.39, 0.29) is 38.4 Å². The molecule has 1 aliphatic carbocycles. The molecule has 2 amide bonds. The second kappa shape index (κ2) is 15.0. The van der Waals surface area contributed by atoms with E-state index in [1.807, 2.05) is 13.8 Å². The van der Waals surface area contributed by atoms with Gasteiger partial charge in [0.15, 0.2) is 23.3 Å². The highest BCUT2D eigenvalue weighted by molar-refractivity contribution is 5.90. The number of halogens is 7. The molecule has 2 aromatic carbocycles. The molecule has 0 aromatic heterocycles. The lowest BCUT2D eigenvalue weighted by molar-refractivity contribution is -0.162. The minimum absolute atomic E-state index is 0.0249. The number of amides is 2. The maximum atomic E-state index is 14.9. The standard InChI is InChI=1S/C33H40F7N3O3/c1-4-12-43(13-5-2)30(46)31(10-7-11-42-19-21-8-6-9-22(14-21)33(38,39)40)16-20(3)17-32(28(31)44,29(41)45)18-23-26(36)24(34)15-25(35)27(23)37/h6,8-9,14-15,17,28,42,44H,4-5,7,10-13,16,18-19H2,1-3H3,(H2,41,45)/t28-,31?,32-/m1/s1. The maximum Gasteiger partial charge on any atom is 0.416 e. The molecule has 3 atom stereocenters. The Balaban J connectivity index is 2.01. The lowest BCUT2D eigenvalue weighted by Gasteiger charge is -2.50. The summed E-state index contributed by atoms with van der Waals surface area (Å²) in [5.41, 5.74) is 0.540. The SMILES string of the molecule is CCCN(CCC)C(=O)C1(CCCNCc2cccc(C(F)(F)F)c2)CC(C)=C[C@](Cc2c(F)c(F)cc(F)c2F)(C(N)=O)[C@@H]1O. The van der Waals surface area contributed by atoms with Gasteiger partial charge >= 0.3 is 6.18 Å². The highest BCUT2D eigenvalue weighted by atomic mass is 19.4.